The van der Waals surface area contributed by atoms with Gasteiger partial charge in [0.05, 0.1) is 17.3 Å². The summed E-state index contributed by atoms with van der Waals surface area (Å²) in [4.78, 5) is 18.5. The van der Waals surface area contributed by atoms with Crippen LogP contribution in [-0.4, -0.2) is 9.97 Å². The van der Waals surface area contributed by atoms with Crippen molar-refractivity contribution in [1.29, 1.82) is 0 Å². The Hall–Kier alpha value is -2.76. The molecule has 0 aliphatic rings. The molecule has 0 aliphatic heterocycles. The minimum absolute atomic E-state index is 0.122. The van der Waals surface area contributed by atoms with E-state index in [2.05, 4.69) is 29.1 Å². The van der Waals surface area contributed by atoms with Crippen molar-refractivity contribution in [2.24, 2.45) is 5.92 Å². The number of halogens is 2. The molecule has 1 aromatic carbocycles. The lowest BCUT2D eigenvalue weighted by molar-refractivity contribution is 0.524. The monoisotopic (exact) mass is 343 g/mol. The lowest BCUT2D eigenvalue weighted by Gasteiger charge is -2.21. The molecular formula is C19H19F2N3O. The molecule has 0 aliphatic carbocycles. The molecule has 0 saturated heterocycles. The summed E-state index contributed by atoms with van der Waals surface area (Å²) in [6, 6.07) is 8.92. The molecule has 130 valence electrons. The van der Waals surface area contributed by atoms with Gasteiger partial charge in [-0.25, -0.2) is 8.78 Å². The van der Waals surface area contributed by atoms with Gasteiger partial charge in [-0.05, 0) is 48.7 Å². The number of pyridine rings is 2. The molecule has 0 bridgehead atoms. The van der Waals surface area contributed by atoms with Crippen molar-refractivity contribution in [3.8, 4) is 0 Å². The summed E-state index contributed by atoms with van der Waals surface area (Å²) in [5, 5.41) is 3.88. The second kappa shape index (κ2) is 7.01. The first-order valence-corrected chi connectivity index (χ1v) is 8.13. The third-order valence-electron chi connectivity index (χ3n) is 3.95. The second-order valence-electron chi connectivity index (χ2n) is 6.48. The highest BCUT2D eigenvalue weighted by Gasteiger charge is 2.16. The summed E-state index contributed by atoms with van der Waals surface area (Å²) in [6.45, 7) is 4.19. The van der Waals surface area contributed by atoms with E-state index in [1.807, 2.05) is 0 Å². The molecule has 2 heterocycles. The first-order valence-electron chi connectivity index (χ1n) is 8.13. The summed E-state index contributed by atoms with van der Waals surface area (Å²) in [7, 11) is 0. The van der Waals surface area contributed by atoms with Gasteiger partial charge in [-0.15, -0.1) is 0 Å². The molecule has 3 rings (SSSR count). The molecule has 3 aromatic rings. The van der Waals surface area contributed by atoms with Crippen molar-refractivity contribution < 1.29 is 8.78 Å². The molecule has 0 amide bonds. The highest BCUT2D eigenvalue weighted by Crippen LogP contribution is 2.26. The Morgan fingerprint density at radius 2 is 1.88 bits per heavy atom. The SMILES string of the molecule is CC(C)CC(Nc1ccc(F)cc1)c1cc2[nH]c(=O)c(F)cc2cn1. The average molecular weight is 343 g/mol. The molecule has 0 spiro atoms. The fourth-order valence-electron chi connectivity index (χ4n) is 2.75. The quantitative estimate of drug-likeness (QED) is 0.722. The number of hydrogen-bond donors (Lipinski definition) is 2. The van der Waals surface area contributed by atoms with E-state index in [1.165, 1.54) is 18.2 Å². The Bertz CT molecular complexity index is 936. The van der Waals surface area contributed by atoms with Crippen LogP contribution in [0, 0.1) is 17.6 Å². The summed E-state index contributed by atoms with van der Waals surface area (Å²) in [5.74, 6) is -0.734. The molecule has 0 saturated carbocycles. The van der Waals surface area contributed by atoms with Gasteiger partial charge in [0, 0.05) is 17.3 Å². The van der Waals surface area contributed by atoms with E-state index in [4.69, 9.17) is 0 Å². The maximum absolute atomic E-state index is 13.4. The third kappa shape index (κ3) is 4.02. The third-order valence-corrected chi connectivity index (χ3v) is 3.95. The topological polar surface area (TPSA) is 57.8 Å². The fourth-order valence-corrected chi connectivity index (χ4v) is 2.75. The summed E-state index contributed by atoms with van der Waals surface area (Å²) in [5.41, 5.74) is 1.29. The predicted octanol–water partition coefficient (Wildman–Crippen LogP) is 4.40. The van der Waals surface area contributed by atoms with Crippen molar-refractivity contribution in [3.63, 3.8) is 0 Å². The lowest BCUT2D eigenvalue weighted by atomic mass is 9.99. The number of hydrogen-bond acceptors (Lipinski definition) is 3. The van der Waals surface area contributed by atoms with Crippen molar-refractivity contribution >= 4 is 16.6 Å². The van der Waals surface area contributed by atoms with Crippen LogP contribution in [0.3, 0.4) is 0 Å². The molecule has 1 unspecified atom stereocenters. The highest BCUT2D eigenvalue weighted by atomic mass is 19.1. The molecule has 25 heavy (non-hydrogen) atoms. The number of rotatable bonds is 5. The van der Waals surface area contributed by atoms with Crippen LogP contribution in [0.1, 0.15) is 32.0 Å². The van der Waals surface area contributed by atoms with E-state index < -0.39 is 11.4 Å². The van der Waals surface area contributed by atoms with E-state index in [-0.39, 0.29) is 11.9 Å². The number of benzene rings is 1. The van der Waals surface area contributed by atoms with E-state index in [0.717, 1.165) is 17.8 Å². The van der Waals surface area contributed by atoms with E-state index in [1.54, 1.807) is 24.4 Å². The van der Waals surface area contributed by atoms with Gasteiger partial charge < -0.3 is 10.3 Å². The number of fused-ring (bicyclic) bond motifs is 1. The predicted molar refractivity (Wildman–Crippen MR) is 94.5 cm³/mol. The average Bonchev–Trinajstić information content (AvgIpc) is 2.56. The van der Waals surface area contributed by atoms with Gasteiger partial charge in [0.1, 0.15) is 5.82 Å². The maximum Gasteiger partial charge on any atom is 0.284 e. The smallest absolute Gasteiger partial charge is 0.284 e. The van der Waals surface area contributed by atoms with Crippen LogP contribution in [0.15, 0.2) is 47.4 Å². The van der Waals surface area contributed by atoms with Crippen molar-refractivity contribution in [1.82, 2.24) is 9.97 Å². The minimum Gasteiger partial charge on any atom is -0.377 e. The van der Waals surface area contributed by atoms with Crippen LogP contribution in [0.25, 0.3) is 10.9 Å². The summed E-state index contributed by atoms with van der Waals surface area (Å²) >= 11 is 0. The maximum atomic E-state index is 13.4. The number of aromatic nitrogens is 2. The Morgan fingerprint density at radius 1 is 1.16 bits per heavy atom. The Morgan fingerprint density at radius 3 is 2.56 bits per heavy atom. The van der Waals surface area contributed by atoms with Crippen molar-refractivity contribution in [2.75, 3.05) is 5.32 Å². The standard InChI is InChI=1S/C19H19F2N3O/c1-11(2)7-18(23-14-5-3-13(20)4-6-14)17-9-16-12(10-22-17)8-15(21)19(25)24-16/h3-6,8-11,18,23H,7H2,1-2H3,(H,24,25). The fraction of sp³-hybridized carbons (Fsp3) is 0.263. The van der Waals surface area contributed by atoms with E-state index >= 15 is 0 Å². The Labute approximate surface area is 143 Å². The highest BCUT2D eigenvalue weighted by molar-refractivity contribution is 5.77. The van der Waals surface area contributed by atoms with Crippen LogP contribution in [0.2, 0.25) is 0 Å². The second-order valence-corrected chi connectivity index (χ2v) is 6.48. The molecule has 4 nitrogen and oxygen atoms in total. The van der Waals surface area contributed by atoms with Crippen molar-refractivity contribution in [2.45, 2.75) is 26.3 Å². The number of anilines is 1. The van der Waals surface area contributed by atoms with Crippen LogP contribution >= 0.6 is 0 Å². The number of aromatic amines is 1. The van der Waals surface area contributed by atoms with Gasteiger partial charge in [-0.2, -0.15) is 0 Å². The van der Waals surface area contributed by atoms with Crippen LogP contribution in [-0.2, 0) is 0 Å². The van der Waals surface area contributed by atoms with Gasteiger partial charge in [0.2, 0.25) is 0 Å². The number of nitrogens with one attached hydrogen (secondary N) is 2. The minimum atomic E-state index is -0.829. The molecule has 2 N–H and O–H groups in total. The molecular weight excluding hydrogens is 324 g/mol. The number of H-pyrrole nitrogens is 1. The zero-order valence-corrected chi connectivity index (χ0v) is 14.0. The molecule has 6 heteroatoms. The zero-order valence-electron chi connectivity index (χ0n) is 14.0. The first kappa shape index (κ1) is 17.1. The molecule has 2 aromatic heterocycles. The van der Waals surface area contributed by atoms with Crippen LogP contribution in [0.5, 0.6) is 0 Å². The summed E-state index contributed by atoms with van der Waals surface area (Å²) < 4.78 is 26.5. The summed E-state index contributed by atoms with van der Waals surface area (Å²) in [6.07, 6.45) is 2.34. The number of nitrogens with zero attached hydrogens (tertiary/aromatic N) is 1. The normalized spacial score (nSPS) is 12.5. The van der Waals surface area contributed by atoms with Crippen LogP contribution < -0.4 is 10.9 Å². The lowest BCUT2D eigenvalue weighted by Crippen LogP contribution is -2.16. The van der Waals surface area contributed by atoms with Gasteiger partial charge in [-0.1, -0.05) is 13.8 Å². The Balaban J connectivity index is 1.97. The molecule has 0 fully saturated rings. The Kier molecular flexibility index (Phi) is 4.79. The van der Waals surface area contributed by atoms with E-state index in [0.29, 0.717) is 16.8 Å². The van der Waals surface area contributed by atoms with Crippen molar-refractivity contribution in [3.05, 3.63) is 70.3 Å². The van der Waals surface area contributed by atoms with Gasteiger partial charge >= 0.3 is 0 Å². The molecule has 0 radical (unpaired) electrons. The largest absolute Gasteiger partial charge is 0.377 e. The van der Waals surface area contributed by atoms with Crippen LogP contribution in [0.4, 0.5) is 14.5 Å². The van der Waals surface area contributed by atoms with E-state index in [9.17, 15) is 13.6 Å². The molecule has 1 atom stereocenters. The van der Waals surface area contributed by atoms with Gasteiger partial charge in [-0.3, -0.25) is 9.78 Å². The zero-order chi connectivity index (χ0) is 18.0. The first-order chi connectivity index (χ1) is 11.9. The van der Waals surface area contributed by atoms with Gasteiger partial charge in [0.15, 0.2) is 5.82 Å². The van der Waals surface area contributed by atoms with Gasteiger partial charge in [0.25, 0.3) is 5.56 Å².